The molecule has 0 aromatic rings. The van der Waals surface area contributed by atoms with Crippen LogP contribution in [-0.4, -0.2) is 12.8 Å². The first-order valence-corrected chi connectivity index (χ1v) is 5.25. The third-order valence-corrected chi connectivity index (χ3v) is 2.55. The van der Waals surface area contributed by atoms with E-state index in [9.17, 15) is 0 Å². The lowest BCUT2D eigenvalue weighted by Crippen LogP contribution is -2.20. The van der Waals surface area contributed by atoms with Gasteiger partial charge in [-0.05, 0) is 18.4 Å². The summed E-state index contributed by atoms with van der Waals surface area (Å²) in [7, 11) is 1.87. The Hall–Kier alpha value is -0.590. The van der Waals surface area contributed by atoms with Crippen LogP contribution in [0.25, 0.3) is 0 Å². The molecule has 0 bridgehead atoms. The molecule has 0 saturated carbocycles. The Balaban J connectivity index is 4.99. The fourth-order valence-electron chi connectivity index (χ4n) is 1.04. The van der Waals surface area contributed by atoms with Crippen LogP contribution < -0.4 is 0 Å². The third kappa shape index (κ3) is 4.08. The second kappa shape index (κ2) is 4.29. The molecule has 0 aliphatic heterocycles. The van der Waals surface area contributed by atoms with E-state index in [1.54, 1.807) is 0 Å². The molecule has 0 amide bonds. The Morgan fingerprint density at radius 1 is 0.929 bits per heavy atom. The first-order valence-electron chi connectivity index (χ1n) is 5.25. The van der Waals surface area contributed by atoms with Gasteiger partial charge in [-0.2, -0.15) is 0 Å². The quantitative estimate of drug-likeness (QED) is 0.559. The minimum Gasteiger partial charge on any atom is -0.293 e. The highest BCUT2D eigenvalue weighted by Crippen LogP contribution is 2.27. The molecule has 0 radical (unpaired) electrons. The molecule has 0 heterocycles. The van der Waals surface area contributed by atoms with Crippen molar-refractivity contribution in [1.82, 2.24) is 0 Å². The summed E-state index contributed by atoms with van der Waals surface area (Å²) in [5.74, 6) is 0. The summed E-state index contributed by atoms with van der Waals surface area (Å²) in [6.07, 6.45) is 2.22. The largest absolute Gasteiger partial charge is 0.293 e. The van der Waals surface area contributed by atoms with Crippen molar-refractivity contribution in [2.24, 2.45) is 15.8 Å². The monoisotopic (exact) mass is 195 g/mol. The number of rotatable bonds is 1. The molecule has 0 fully saturated rings. The lowest BCUT2D eigenvalue weighted by Gasteiger charge is -2.24. The van der Waals surface area contributed by atoms with Gasteiger partial charge in [0.2, 0.25) is 0 Å². The topological polar surface area (TPSA) is 12.4 Å². The number of allylic oxidation sites excluding steroid dienone is 2. The molecule has 1 nitrogen and oxygen atoms in total. The van der Waals surface area contributed by atoms with Gasteiger partial charge in [-0.1, -0.05) is 47.1 Å². The summed E-state index contributed by atoms with van der Waals surface area (Å²) in [5.41, 5.74) is 2.93. The summed E-state index contributed by atoms with van der Waals surface area (Å²) in [6, 6.07) is 0. The van der Waals surface area contributed by atoms with Gasteiger partial charge in [0.1, 0.15) is 0 Å². The van der Waals surface area contributed by atoms with Crippen molar-refractivity contribution in [2.45, 2.75) is 48.5 Å². The van der Waals surface area contributed by atoms with E-state index < -0.39 is 0 Å². The maximum atomic E-state index is 4.35. The molecule has 0 aromatic carbocycles. The molecule has 0 aliphatic rings. The molecule has 82 valence electrons. The van der Waals surface area contributed by atoms with E-state index in [1.807, 2.05) is 7.05 Å². The van der Waals surface area contributed by atoms with Crippen molar-refractivity contribution < 1.29 is 0 Å². The Morgan fingerprint density at radius 2 is 1.36 bits per heavy atom. The van der Waals surface area contributed by atoms with E-state index in [4.69, 9.17) is 0 Å². The fraction of sp³-hybridized carbons (Fsp3) is 0.769. The van der Waals surface area contributed by atoms with Crippen LogP contribution in [0.2, 0.25) is 0 Å². The lowest BCUT2D eigenvalue weighted by atomic mass is 9.82. The van der Waals surface area contributed by atoms with Crippen LogP contribution >= 0.6 is 0 Å². The summed E-state index contributed by atoms with van der Waals surface area (Å²) in [4.78, 5) is 4.35. The second-order valence-corrected chi connectivity index (χ2v) is 5.94. The number of nitrogens with zero attached hydrogens (tertiary/aromatic N) is 1. The Labute approximate surface area is 89.3 Å². The average molecular weight is 195 g/mol. The van der Waals surface area contributed by atoms with E-state index in [2.05, 4.69) is 59.5 Å². The molecule has 0 aromatic heterocycles. The predicted molar refractivity (Wildman–Crippen MR) is 66.0 cm³/mol. The highest BCUT2D eigenvalue weighted by Gasteiger charge is 2.19. The first kappa shape index (κ1) is 13.4. The second-order valence-electron chi connectivity index (χ2n) is 5.94. The lowest BCUT2D eigenvalue weighted by molar-refractivity contribution is 0.503. The van der Waals surface area contributed by atoms with Crippen molar-refractivity contribution in [3.05, 3.63) is 11.6 Å². The predicted octanol–water partition coefficient (Wildman–Crippen LogP) is 4.10. The summed E-state index contributed by atoms with van der Waals surface area (Å²) in [6.45, 7) is 15.5. The molecule has 1 heteroatoms. The van der Waals surface area contributed by atoms with Crippen LogP contribution in [0, 0.1) is 10.8 Å². The highest BCUT2D eigenvalue weighted by molar-refractivity contribution is 5.99. The number of aliphatic imine (C=N–C) groups is 1. The molecule has 0 spiro atoms. The molecule has 0 unspecified atom stereocenters. The molecular formula is C13H25N. The molecular weight excluding hydrogens is 170 g/mol. The van der Waals surface area contributed by atoms with Crippen molar-refractivity contribution >= 4 is 5.71 Å². The van der Waals surface area contributed by atoms with Gasteiger partial charge in [0.05, 0.1) is 0 Å². The van der Waals surface area contributed by atoms with Crippen LogP contribution in [-0.2, 0) is 0 Å². The SMILES string of the molecule is C/N=C(\C=C(/C)C(C)(C)C)C(C)(C)C. The van der Waals surface area contributed by atoms with Gasteiger partial charge in [-0.25, -0.2) is 0 Å². The van der Waals surface area contributed by atoms with Gasteiger partial charge in [0.25, 0.3) is 0 Å². The zero-order valence-electron chi connectivity index (χ0n) is 11.0. The Morgan fingerprint density at radius 3 is 1.57 bits per heavy atom. The molecule has 0 saturated heterocycles. The number of hydrogen-bond donors (Lipinski definition) is 0. The van der Waals surface area contributed by atoms with Crippen LogP contribution in [0.1, 0.15) is 48.5 Å². The maximum Gasteiger partial charge on any atom is 0.0397 e. The summed E-state index contributed by atoms with van der Waals surface area (Å²) < 4.78 is 0. The van der Waals surface area contributed by atoms with Gasteiger partial charge in [0, 0.05) is 18.2 Å². The van der Waals surface area contributed by atoms with Crippen molar-refractivity contribution in [2.75, 3.05) is 7.05 Å². The van der Waals surface area contributed by atoms with Gasteiger partial charge < -0.3 is 0 Å². The van der Waals surface area contributed by atoms with Crippen LogP contribution in [0.4, 0.5) is 0 Å². The van der Waals surface area contributed by atoms with E-state index in [-0.39, 0.29) is 10.8 Å². The van der Waals surface area contributed by atoms with E-state index in [0.717, 1.165) is 0 Å². The highest BCUT2D eigenvalue weighted by atomic mass is 14.7. The minimum absolute atomic E-state index is 0.140. The Kier molecular flexibility index (Phi) is 4.11. The van der Waals surface area contributed by atoms with Crippen LogP contribution in [0.15, 0.2) is 16.6 Å². The fourth-order valence-corrected chi connectivity index (χ4v) is 1.04. The average Bonchev–Trinajstić information content (AvgIpc) is 1.95. The number of hydrogen-bond acceptors (Lipinski definition) is 1. The maximum absolute atomic E-state index is 4.35. The third-order valence-electron chi connectivity index (χ3n) is 2.55. The van der Waals surface area contributed by atoms with Crippen molar-refractivity contribution in [1.29, 1.82) is 0 Å². The van der Waals surface area contributed by atoms with Gasteiger partial charge in [-0.15, -0.1) is 0 Å². The van der Waals surface area contributed by atoms with Crippen molar-refractivity contribution in [3.8, 4) is 0 Å². The van der Waals surface area contributed by atoms with Crippen LogP contribution in [0.5, 0.6) is 0 Å². The van der Waals surface area contributed by atoms with Gasteiger partial charge in [0.15, 0.2) is 0 Å². The Bertz CT molecular complexity index is 243. The van der Waals surface area contributed by atoms with E-state index in [0.29, 0.717) is 0 Å². The molecule has 0 aliphatic carbocycles. The molecule has 0 N–H and O–H groups in total. The zero-order chi connectivity index (χ0) is 11.6. The first-order chi connectivity index (χ1) is 6.09. The minimum atomic E-state index is 0.140. The zero-order valence-corrected chi connectivity index (χ0v) is 11.0. The summed E-state index contributed by atoms with van der Waals surface area (Å²) in [5, 5.41) is 0. The van der Waals surface area contributed by atoms with Crippen LogP contribution in [0.3, 0.4) is 0 Å². The normalized spacial score (nSPS) is 16.0. The van der Waals surface area contributed by atoms with Gasteiger partial charge in [-0.3, -0.25) is 4.99 Å². The molecule has 14 heavy (non-hydrogen) atoms. The van der Waals surface area contributed by atoms with Crippen molar-refractivity contribution in [3.63, 3.8) is 0 Å². The smallest absolute Gasteiger partial charge is 0.0397 e. The standard InChI is InChI=1S/C13H25N/c1-10(12(2,3)4)9-11(14-8)13(5,6)7/h9H,1-8H3/b10-9+,14-11+. The molecule has 0 atom stereocenters. The summed E-state index contributed by atoms with van der Waals surface area (Å²) >= 11 is 0. The molecule has 0 rings (SSSR count). The van der Waals surface area contributed by atoms with Gasteiger partial charge >= 0.3 is 0 Å². The van der Waals surface area contributed by atoms with E-state index >= 15 is 0 Å². The van der Waals surface area contributed by atoms with E-state index in [1.165, 1.54) is 11.3 Å².